The molecule has 2 heterocycles. The number of nitrogens with one attached hydrogen (secondary N) is 3. The van der Waals surface area contributed by atoms with Crippen LogP contribution in [-0.2, 0) is 35.3 Å². The summed E-state index contributed by atoms with van der Waals surface area (Å²) in [5.74, 6) is -2.80. The maximum Gasteiger partial charge on any atom is 0.416 e. The van der Waals surface area contributed by atoms with Crippen molar-refractivity contribution in [2.45, 2.75) is 106 Å². The molecule has 0 unspecified atom stereocenters. The third kappa shape index (κ3) is 8.35. The highest BCUT2D eigenvalue weighted by Gasteiger charge is 2.61. The van der Waals surface area contributed by atoms with E-state index in [0.717, 1.165) is 25.0 Å². The number of carbonyl (C=O) groups is 4. The standard InChI is InChI=1S/C30H39F3N4O7S/c1-28(2,3)44-27(41)34-22-14-8-6-4-5-7-11-20-18-29(20,35-24(38)23-15-10-16-37(23)25(22)39)26(40)36-45(42,43)21-13-9-12-19(17-21)30(31,32)33/h7,9,11-13,17,20,22-23H,4-6,8,10,14-16,18H2,1-3H3,(H,34,41)(H,35,38)(H,36,40)/b11-7-/t20-,22-,23-,29+/m0/s1. The SMILES string of the molecule is CC(C)(C)OC(=O)N[C@H]1CCCCC/C=C\[C@H]2C[C@@]2(C(=O)NS(=O)(=O)c2cccc(C(F)(F)F)c2)NC(=O)[C@@H]2CCCN2C1=O. The molecule has 3 aliphatic rings. The minimum absolute atomic E-state index is 0.0582. The van der Waals surface area contributed by atoms with Crippen LogP contribution in [0.25, 0.3) is 0 Å². The number of fused-ring (bicyclic) bond motifs is 2. The molecule has 0 aromatic heterocycles. The molecule has 0 radical (unpaired) electrons. The van der Waals surface area contributed by atoms with E-state index in [4.69, 9.17) is 4.74 Å². The van der Waals surface area contributed by atoms with Crippen LogP contribution in [0.1, 0.15) is 77.7 Å². The smallest absolute Gasteiger partial charge is 0.416 e. The molecule has 2 fully saturated rings. The number of allylic oxidation sites excluding steroid dienone is 1. The normalized spacial score (nSPS) is 27.2. The lowest BCUT2D eigenvalue weighted by atomic mass is 10.0. The van der Waals surface area contributed by atoms with Crippen LogP contribution in [0.3, 0.4) is 0 Å². The van der Waals surface area contributed by atoms with Crippen molar-refractivity contribution in [3.05, 3.63) is 42.0 Å². The predicted octanol–water partition coefficient (Wildman–Crippen LogP) is 3.79. The molecule has 3 N–H and O–H groups in total. The van der Waals surface area contributed by atoms with E-state index >= 15 is 0 Å². The molecule has 1 aliphatic carbocycles. The summed E-state index contributed by atoms with van der Waals surface area (Å²) in [6.45, 7) is 5.32. The van der Waals surface area contributed by atoms with E-state index in [-0.39, 0.29) is 19.4 Å². The average Bonchev–Trinajstić information content (AvgIpc) is 3.39. The van der Waals surface area contributed by atoms with Gasteiger partial charge in [0.1, 0.15) is 23.2 Å². The van der Waals surface area contributed by atoms with Gasteiger partial charge in [-0.15, -0.1) is 0 Å². The molecule has 4 atom stereocenters. The molecule has 15 heteroatoms. The first-order valence-corrected chi connectivity index (χ1v) is 16.4. The number of halogens is 3. The van der Waals surface area contributed by atoms with Gasteiger partial charge in [-0.2, -0.15) is 13.2 Å². The Hall–Kier alpha value is -3.62. The van der Waals surface area contributed by atoms with E-state index in [1.807, 2.05) is 10.8 Å². The van der Waals surface area contributed by atoms with Gasteiger partial charge in [-0.1, -0.05) is 31.1 Å². The quantitative estimate of drug-likeness (QED) is 0.418. The van der Waals surface area contributed by atoms with Gasteiger partial charge in [0.2, 0.25) is 11.8 Å². The lowest BCUT2D eigenvalue weighted by molar-refractivity contribution is -0.141. The summed E-state index contributed by atoms with van der Waals surface area (Å²) in [5, 5.41) is 5.32. The number of alkyl carbamates (subject to hydrolysis) is 1. The molecule has 0 bridgehead atoms. The molecule has 2 aliphatic heterocycles. The van der Waals surface area contributed by atoms with Crippen molar-refractivity contribution in [2.24, 2.45) is 5.92 Å². The minimum atomic E-state index is -4.80. The zero-order valence-corrected chi connectivity index (χ0v) is 26.2. The number of amides is 4. The Labute approximate surface area is 260 Å². The first-order valence-electron chi connectivity index (χ1n) is 15.0. The Kier molecular flexibility index (Phi) is 9.90. The van der Waals surface area contributed by atoms with E-state index in [9.17, 15) is 40.8 Å². The van der Waals surface area contributed by atoms with Crippen LogP contribution in [-0.4, -0.2) is 66.9 Å². The number of rotatable bonds is 4. The van der Waals surface area contributed by atoms with Gasteiger partial charge in [0.05, 0.1) is 10.5 Å². The van der Waals surface area contributed by atoms with Crippen molar-refractivity contribution in [1.29, 1.82) is 0 Å². The second kappa shape index (κ2) is 13.0. The molecule has 1 aromatic carbocycles. The molecule has 1 saturated carbocycles. The van der Waals surface area contributed by atoms with Crippen molar-refractivity contribution >= 4 is 33.8 Å². The van der Waals surface area contributed by atoms with Crippen molar-refractivity contribution in [3.8, 4) is 0 Å². The van der Waals surface area contributed by atoms with Gasteiger partial charge < -0.3 is 20.3 Å². The summed E-state index contributed by atoms with van der Waals surface area (Å²) >= 11 is 0. The number of carbonyl (C=O) groups excluding carboxylic acids is 4. The fourth-order valence-electron chi connectivity index (χ4n) is 5.65. The summed E-state index contributed by atoms with van der Waals surface area (Å²) in [7, 11) is -4.74. The summed E-state index contributed by atoms with van der Waals surface area (Å²) in [4.78, 5) is 54.0. The predicted molar refractivity (Wildman–Crippen MR) is 156 cm³/mol. The molecule has 4 amide bonds. The minimum Gasteiger partial charge on any atom is -0.444 e. The Balaban J connectivity index is 1.57. The fourth-order valence-corrected chi connectivity index (χ4v) is 6.74. The monoisotopic (exact) mass is 656 g/mol. The molecule has 1 aromatic rings. The number of alkyl halides is 3. The van der Waals surface area contributed by atoms with Crippen LogP contribution in [0.4, 0.5) is 18.0 Å². The largest absolute Gasteiger partial charge is 0.444 e. The third-order valence-electron chi connectivity index (χ3n) is 8.02. The van der Waals surface area contributed by atoms with E-state index in [1.165, 1.54) is 4.90 Å². The highest BCUT2D eigenvalue weighted by Crippen LogP contribution is 2.46. The van der Waals surface area contributed by atoms with E-state index in [2.05, 4.69) is 10.6 Å². The first kappa shape index (κ1) is 34.3. The number of sulfonamides is 1. The fraction of sp³-hybridized carbons (Fsp3) is 0.600. The zero-order valence-electron chi connectivity index (χ0n) is 25.4. The molecule has 248 valence electrons. The van der Waals surface area contributed by atoms with E-state index in [0.29, 0.717) is 37.8 Å². The number of ether oxygens (including phenoxy) is 1. The van der Waals surface area contributed by atoms with Crippen molar-refractivity contribution in [3.63, 3.8) is 0 Å². The molecule has 11 nitrogen and oxygen atoms in total. The molecule has 1 saturated heterocycles. The molecule has 45 heavy (non-hydrogen) atoms. The van der Waals surface area contributed by atoms with Crippen molar-refractivity contribution in [1.82, 2.24) is 20.3 Å². The highest BCUT2D eigenvalue weighted by atomic mass is 32.2. The van der Waals surface area contributed by atoms with Crippen molar-refractivity contribution in [2.75, 3.05) is 6.54 Å². The third-order valence-corrected chi connectivity index (χ3v) is 9.35. The van der Waals surface area contributed by atoms with Gasteiger partial charge in [-0.05, 0) is 77.5 Å². The maximum atomic E-state index is 13.7. The summed E-state index contributed by atoms with van der Waals surface area (Å²) in [6.07, 6.45) is 1.83. The van der Waals surface area contributed by atoms with Gasteiger partial charge in [0.25, 0.3) is 15.9 Å². The summed E-state index contributed by atoms with van der Waals surface area (Å²) in [6, 6.07) is 1.06. The topological polar surface area (TPSA) is 151 Å². The second-order valence-corrected chi connectivity index (χ2v) is 14.4. The van der Waals surface area contributed by atoms with E-state index in [1.54, 1.807) is 26.8 Å². The number of hydrogen-bond acceptors (Lipinski definition) is 7. The number of nitrogens with zero attached hydrogens (tertiary/aromatic N) is 1. The maximum absolute atomic E-state index is 13.7. The number of hydrogen-bond donors (Lipinski definition) is 3. The second-order valence-electron chi connectivity index (χ2n) is 12.7. The Morgan fingerprint density at radius 3 is 2.49 bits per heavy atom. The first-order chi connectivity index (χ1) is 20.9. The van der Waals surface area contributed by atoms with Crippen LogP contribution < -0.4 is 15.4 Å². The average molecular weight is 657 g/mol. The van der Waals surface area contributed by atoms with Gasteiger partial charge in [0.15, 0.2) is 0 Å². The summed E-state index contributed by atoms with van der Waals surface area (Å²) in [5.41, 5.74) is -3.68. The molecule has 4 rings (SSSR count). The Morgan fingerprint density at radius 2 is 1.80 bits per heavy atom. The van der Waals surface area contributed by atoms with Crippen molar-refractivity contribution < 1.29 is 45.5 Å². The highest BCUT2D eigenvalue weighted by molar-refractivity contribution is 7.90. The van der Waals surface area contributed by atoms with Crippen LogP contribution in [0.5, 0.6) is 0 Å². The van der Waals surface area contributed by atoms with Crippen LogP contribution >= 0.6 is 0 Å². The van der Waals surface area contributed by atoms with Crippen LogP contribution in [0, 0.1) is 5.92 Å². The van der Waals surface area contributed by atoms with Crippen LogP contribution in [0.15, 0.2) is 41.3 Å². The lowest BCUT2D eigenvalue weighted by Crippen LogP contribution is -2.58. The molecular formula is C30H39F3N4O7S. The zero-order chi connectivity index (χ0) is 33.2. The van der Waals surface area contributed by atoms with Gasteiger partial charge in [0, 0.05) is 12.5 Å². The number of benzene rings is 1. The Morgan fingerprint density at radius 1 is 1.07 bits per heavy atom. The van der Waals surface area contributed by atoms with Gasteiger partial charge in [-0.25, -0.2) is 17.9 Å². The Bertz CT molecular complexity index is 1460. The lowest BCUT2D eigenvalue weighted by Gasteiger charge is -2.30. The van der Waals surface area contributed by atoms with E-state index < -0.39 is 79.6 Å². The molecular weight excluding hydrogens is 617 g/mol. The molecule has 0 spiro atoms. The van der Waals surface area contributed by atoms with Gasteiger partial charge in [-0.3, -0.25) is 14.4 Å². The van der Waals surface area contributed by atoms with Gasteiger partial charge >= 0.3 is 12.3 Å². The summed E-state index contributed by atoms with van der Waals surface area (Å²) < 4.78 is 72.9. The van der Waals surface area contributed by atoms with Crippen LogP contribution in [0.2, 0.25) is 0 Å².